The third-order valence-electron chi connectivity index (χ3n) is 8.18. The molecule has 0 amide bonds. The molecule has 9 rings (SSSR count). The molecule has 0 radical (unpaired) electrons. The van der Waals surface area contributed by atoms with E-state index in [4.69, 9.17) is 19.4 Å². The highest BCUT2D eigenvalue weighted by molar-refractivity contribution is 6.17. The summed E-state index contributed by atoms with van der Waals surface area (Å²) < 4.78 is 6.07. The first-order valence-electron chi connectivity index (χ1n) is 14.2. The summed E-state index contributed by atoms with van der Waals surface area (Å²) >= 11 is 0. The zero-order chi connectivity index (χ0) is 28.3. The number of fused-ring (bicyclic) bond motifs is 8. The van der Waals surface area contributed by atoms with E-state index in [0.717, 1.165) is 38.4 Å². The van der Waals surface area contributed by atoms with Gasteiger partial charge in [0.15, 0.2) is 17.5 Å². The van der Waals surface area contributed by atoms with E-state index in [9.17, 15) is 0 Å². The molecule has 0 aliphatic heterocycles. The van der Waals surface area contributed by atoms with Gasteiger partial charge in [-0.05, 0) is 56.6 Å². The van der Waals surface area contributed by atoms with Gasteiger partial charge in [-0.25, -0.2) is 19.9 Å². The van der Waals surface area contributed by atoms with Crippen LogP contribution < -0.4 is 0 Å². The quantitative estimate of drug-likeness (QED) is 0.205. The molecule has 6 aromatic carbocycles. The number of hydrogen-bond donors (Lipinski definition) is 0. The molecular weight excluding hydrogens is 528 g/mol. The SMILES string of the molecule is c1ccc(-c2nc(-c3ccc4c(ccc5c6ccccc6ccc45)c3)nc(-c3cccc4oc5ncccc5c34)n2)cc1. The third-order valence-corrected chi connectivity index (χ3v) is 8.18. The minimum atomic E-state index is 0.589. The molecule has 0 N–H and O–H groups in total. The van der Waals surface area contributed by atoms with Crippen LogP contribution in [0.15, 0.2) is 138 Å². The number of aromatic nitrogens is 4. The van der Waals surface area contributed by atoms with Gasteiger partial charge in [0.25, 0.3) is 0 Å². The molecule has 43 heavy (non-hydrogen) atoms. The van der Waals surface area contributed by atoms with E-state index in [0.29, 0.717) is 23.2 Å². The van der Waals surface area contributed by atoms with E-state index >= 15 is 0 Å². The number of pyridine rings is 1. The van der Waals surface area contributed by atoms with Gasteiger partial charge in [-0.2, -0.15) is 0 Å². The lowest BCUT2D eigenvalue weighted by molar-refractivity contribution is 0.654. The van der Waals surface area contributed by atoms with Gasteiger partial charge in [0.2, 0.25) is 5.71 Å². The van der Waals surface area contributed by atoms with E-state index < -0.39 is 0 Å². The van der Waals surface area contributed by atoms with Gasteiger partial charge in [0.05, 0.1) is 0 Å². The van der Waals surface area contributed by atoms with Crippen molar-refractivity contribution in [2.75, 3.05) is 0 Å². The van der Waals surface area contributed by atoms with Crippen LogP contribution in [0, 0.1) is 0 Å². The van der Waals surface area contributed by atoms with Gasteiger partial charge in [-0.3, -0.25) is 0 Å². The van der Waals surface area contributed by atoms with Crippen molar-refractivity contribution < 1.29 is 4.42 Å². The Hall–Kier alpha value is -5.94. The summed E-state index contributed by atoms with van der Waals surface area (Å²) in [7, 11) is 0. The first-order chi connectivity index (χ1) is 21.3. The molecule has 200 valence electrons. The molecule has 5 heteroatoms. The largest absolute Gasteiger partial charge is 0.438 e. The number of rotatable bonds is 3. The average molecular weight is 551 g/mol. The van der Waals surface area contributed by atoms with Gasteiger partial charge in [-0.15, -0.1) is 0 Å². The van der Waals surface area contributed by atoms with Gasteiger partial charge >= 0.3 is 0 Å². The summed E-state index contributed by atoms with van der Waals surface area (Å²) in [6, 6.07) is 43.8. The van der Waals surface area contributed by atoms with Crippen molar-refractivity contribution in [2.24, 2.45) is 0 Å². The van der Waals surface area contributed by atoms with Crippen LogP contribution in [0.5, 0.6) is 0 Å². The molecule has 0 aliphatic carbocycles. The van der Waals surface area contributed by atoms with E-state index in [1.807, 2.05) is 60.7 Å². The fraction of sp³-hybridized carbons (Fsp3) is 0. The highest BCUT2D eigenvalue weighted by Crippen LogP contribution is 2.37. The Morgan fingerprint density at radius 2 is 1.14 bits per heavy atom. The summed E-state index contributed by atoms with van der Waals surface area (Å²) in [4.78, 5) is 19.5. The molecule has 5 nitrogen and oxygen atoms in total. The standard InChI is InChI=1S/C38H22N4O/c1-2-9-24(10-3-1)35-40-36(42-37(41-35)31-12-6-14-33-34(31)32-13-7-21-39-38(32)43-33)26-17-18-28-25(22-26)16-20-29-27-11-5-4-8-23(27)15-19-30(28)29/h1-22H. The van der Waals surface area contributed by atoms with Crippen molar-refractivity contribution in [3.8, 4) is 34.2 Å². The fourth-order valence-corrected chi connectivity index (χ4v) is 6.16. The molecule has 9 aromatic rings. The van der Waals surface area contributed by atoms with E-state index in [1.165, 1.54) is 26.9 Å². The second-order valence-electron chi connectivity index (χ2n) is 10.7. The lowest BCUT2D eigenvalue weighted by Crippen LogP contribution is -2.00. The number of nitrogens with zero attached hydrogens (tertiary/aromatic N) is 4. The molecular formula is C38H22N4O. The van der Waals surface area contributed by atoms with Gasteiger partial charge in [0, 0.05) is 33.7 Å². The van der Waals surface area contributed by atoms with Crippen LogP contribution in [-0.2, 0) is 0 Å². The van der Waals surface area contributed by atoms with Crippen molar-refractivity contribution in [2.45, 2.75) is 0 Å². The third kappa shape index (κ3) is 3.79. The smallest absolute Gasteiger partial charge is 0.227 e. The lowest BCUT2D eigenvalue weighted by Gasteiger charge is -2.11. The molecule has 3 aromatic heterocycles. The molecule has 0 saturated heterocycles. The molecule has 0 saturated carbocycles. The monoisotopic (exact) mass is 550 g/mol. The molecule has 0 bridgehead atoms. The summed E-state index contributed by atoms with van der Waals surface area (Å²) in [6.45, 7) is 0. The number of hydrogen-bond acceptors (Lipinski definition) is 5. The van der Waals surface area contributed by atoms with Gasteiger partial charge in [0.1, 0.15) is 5.58 Å². The normalized spacial score (nSPS) is 11.7. The Morgan fingerprint density at radius 1 is 0.442 bits per heavy atom. The zero-order valence-corrected chi connectivity index (χ0v) is 22.9. The minimum Gasteiger partial charge on any atom is -0.438 e. The van der Waals surface area contributed by atoms with Crippen molar-refractivity contribution >= 4 is 54.4 Å². The Bertz CT molecular complexity index is 2520. The van der Waals surface area contributed by atoms with E-state index in [2.05, 4.69) is 71.7 Å². The van der Waals surface area contributed by atoms with Crippen LogP contribution in [0.4, 0.5) is 0 Å². The fourth-order valence-electron chi connectivity index (χ4n) is 6.16. The van der Waals surface area contributed by atoms with Crippen LogP contribution in [0.3, 0.4) is 0 Å². The maximum absolute atomic E-state index is 6.07. The highest BCUT2D eigenvalue weighted by atomic mass is 16.3. The first-order valence-corrected chi connectivity index (χ1v) is 14.2. The highest BCUT2D eigenvalue weighted by Gasteiger charge is 2.18. The average Bonchev–Trinajstić information content (AvgIpc) is 3.47. The second kappa shape index (κ2) is 9.29. The van der Waals surface area contributed by atoms with E-state index in [-0.39, 0.29) is 0 Å². The molecule has 0 aliphatic rings. The van der Waals surface area contributed by atoms with Crippen molar-refractivity contribution in [1.82, 2.24) is 19.9 Å². The van der Waals surface area contributed by atoms with Crippen LogP contribution in [0.25, 0.3) is 88.5 Å². The topological polar surface area (TPSA) is 64.7 Å². The van der Waals surface area contributed by atoms with Crippen LogP contribution >= 0.6 is 0 Å². The molecule has 0 atom stereocenters. The second-order valence-corrected chi connectivity index (χ2v) is 10.7. The predicted molar refractivity (Wildman–Crippen MR) is 174 cm³/mol. The Labute approximate surface area is 246 Å². The molecule has 0 spiro atoms. The first kappa shape index (κ1) is 23.7. The minimum absolute atomic E-state index is 0.589. The van der Waals surface area contributed by atoms with Crippen LogP contribution in [-0.4, -0.2) is 19.9 Å². The van der Waals surface area contributed by atoms with Gasteiger partial charge < -0.3 is 4.42 Å². The maximum atomic E-state index is 6.07. The predicted octanol–water partition coefficient (Wildman–Crippen LogP) is 9.63. The number of benzene rings is 6. The summed E-state index contributed by atoms with van der Waals surface area (Å²) in [5, 5.41) is 9.20. The van der Waals surface area contributed by atoms with Crippen LogP contribution in [0.2, 0.25) is 0 Å². The van der Waals surface area contributed by atoms with Crippen molar-refractivity contribution in [3.05, 3.63) is 134 Å². The molecule has 0 fully saturated rings. The summed E-state index contributed by atoms with van der Waals surface area (Å²) in [5.74, 6) is 1.83. The van der Waals surface area contributed by atoms with Crippen LogP contribution in [0.1, 0.15) is 0 Å². The summed E-state index contributed by atoms with van der Waals surface area (Å²) in [5.41, 5.74) is 4.08. The molecule has 3 heterocycles. The Kier molecular flexibility index (Phi) is 5.13. The van der Waals surface area contributed by atoms with Gasteiger partial charge in [-0.1, -0.05) is 103 Å². The summed E-state index contributed by atoms with van der Waals surface area (Å²) in [6.07, 6.45) is 1.74. The van der Waals surface area contributed by atoms with E-state index in [1.54, 1.807) is 6.20 Å². The maximum Gasteiger partial charge on any atom is 0.227 e. The Balaban J connectivity index is 1.27. The lowest BCUT2D eigenvalue weighted by atomic mass is 9.96. The Morgan fingerprint density at radius 3 is 2.02 bits per heavy atom. The zero-order valence-electron chi connectivity index (χ0n) is 22.9. The molecule has 0 unspecified atom stereocenters. The van der Waals surface area contributed by atoms with Crippen molar-refractivity contribution in [1.29, 1.82) is 0 Å². The van der Waals surface area contributed by atoms with Crippen molar-refractivity contribution in [3.63, 3.8) is 0 Å². The number of furan rings is 1.